The lowest BCUT2D eigenvalue weighted by atomic mass is 9.74. The summed E-state index contributed by atoms with van der Waals surface area (Å²) < 4.78 is 12.9. The third-order valence-corrected chi connectivity index (χ3v) is 4.85. The third kappa shape index (κ3) is 1.70. The molecule has 1 amide bonds. The van der Waals surface area contributed by atoms with Crippen molar-refractivity contribution in [3.63, 3.8) is 0 Å². The maximum atomic E-state index is 12.9. The molecule has 1 aliphatic carbocycles. The summed E-state index contributed by atoms with van der Waals surface area (Å²) in [5.41, 5.74) is -0.841. The fourth-order valence-corrected chi connectivity index (χ4v) is 3.61. The largest absolute Gasteiger partial charge is 0.389 e. The van der Waals surface area contributed by atoms with E-state index in [2.05, 4.69) is 0 Å². The summed E-state index contributed by atoms with van der Waals surface area (Å²) in [7, 11) is 0. The van der Waals surface area contributed by atoms with Crippen LogP contribution in [0.1, 0.15) is 32.6 Å². The average Bonchev–Trinajstić information content (AvgIpc) is 2.85. The second-order valence-corrected chi connectivity index (χ2v) is 5.89. The minimum Gasteiger partial charge on any atom is -0.389 e. The molecule has 1 spiro atoms. The molecule has 102 valence electrons. The van der Waals surface area contributed by atoms with E-state index in [-0.39, 0.29) is 11.7 Å². The number of anilines is 1. The molecule has 19 heavy (non-hydrogen) atoms. The van der Waals surface area contributed by atoms with Crippen molar-refractivity contribution in [2.45, 2.75) is 38.2 Å². The first-order valence-electron chi connectivity index (χ1n) is 6.76. The molecule has 2 aliphatic rings. The van der Waals surface area contributed by atoms with Gasteiger partial charge in [0.15, 0.2) is 0 Å². The molecule has 1 aliphatic heterocycles. The maximum absolute atomic E-state index is 12.9. The number of amides is 1. The fourth-order valence-electron chi connectivity index (χ4n) is 3.61. The minimum atomic E-state index is -0.918. The Labute approximate surface area is 112 Å². The first kappa shape index (κ1) is 12.6. The molecule has 2 atom stereocenters. The smallest absolute Gasteiger partial charge is 0.236 e. The average molecular weight is 263 g/mol. The summed E-state index contributed by atoms with van der Waals surface area (Å²) in [5, 5.41) is 10.5. The number of carbonyl (C=O) groups is 1. The van der Waals surface area contributed by atoms with Crippen LogP contribution in [-0.4, -0.2) is 23.2 Å². The number of hydrogen-bond acceptors (Lipinski definition) is 2. The van der Waals surface area contributed by atoms with Crippen LogP contribution < -0.4 is 4.90 Å². The van der Waals surface area contributed by atoms with E-state index in [0.717, 1.165) is 12.8 Å². The molecular formula is C15H18FNO2. The molecule has 0 aromatic heterocycles. The van der Waals surface area contributed by atoms with E-state index in [9.17, 15) is 14.3 Å². The first-order valence-corrected chi connectivity index (χ1v) is 6.76. The summed E-state index contributed by atoms with van der Waals surface area (Å²) in [6, 6.07) is 5.96. The quantitative estimate of drug-likeness (QED) is 0.845. The zero-order valence-electron chi connectivity index (χ0n) is 11.0. The van der Waals surface area contributed by atoms with Crippen molar-refractivity contribution in [3.8, 4) is 0 Å². The van der Waals surface area contributed by atoms with Crippen molar-refractivity contribution in [1.82, 2.24) is 0 Å². The molecule has 1 N–H and O–H groups in total. The van der Waals surface area contributed by atoms with Crippen molar-refractivity contribution >= 4 is 11.6 Å². The van der Waals surface area contributed by atoms with Gasteiger partial charge in [-0.1, -0.05) is 0 Å². The lowest BCUT2D eigenvalue weighted by molar-refractivity contribution is -0.137. The van der Waals surface area contributed by atoms with Gasteiger partial charge in [0.25, 0.3) is 0 Å². The van der Waals surface area contributed by atoms with Gasteiger partial charge in [0.05, 0.1) is 11.0 Å². The van der Waals surface area contributed by atoms with Gasteiger partial charge in [-0.15, -0.1) is 0 Å². The molecule has 0 radical (unpaired) electrons. The number of hydrogen-bond donors (Lipinski definition) is 1. The molecular weight excluding hydrogens is 245 g/mol. The van der Waals surface area contributed by atoms with Crippen LogP contribution in [-0.2, 0) is 4.79 Å². The van der Waals surface area contributed by atoms with E-state index >= 15 is 0 Å². The van der Waals surface area contributed by atoms with Gasteiger partial charge in [0, 0.05) is 12.2 Å². The zero-order chi connectivity index (χ0) is 13.7. The number of carbonyl (C=O) groups excluding carboxylic acids is 1. The van der Waals surface area contributed by atoms with E-state index in [1.54, 1.807) is 24.0 Å². The van der Waals surface area contributed by atoms with Crippen molar-refractivity contribution < 1.29 is 14.3 Å². The fraction of sp³-hybridized carbons (Fsp3) is 0.533. The van der Waals surface area contributed by atoms with E-state index < -0.39 is 11.0 Å². The van der Waals surface area contributed by atoms with Crippen LogP contribution in [0.25, 0.3) is 0 Å². The zero-order valence-corrected chi connectivity index (χ0v) is 11.0. The number of aliphatic hydroxyl groups is 1. The predicted octanol–water partition coefficient (Wildman–Crippen LogP) is 2.48. The van der Waals surface area contributed by atoms with Gasteiger partial charge in [0.1, 0.15) is 5.82 Å². The summed E-state index contributed by atoms with van der Waals surface area (Å²) in [5.74, 6) is -0.320. The highest BCUT2D eigenvalue weighted by Gasteiger charge is 2.60. The van der Waals surface area contributed by atoms with Crippen LogP contribution in [0.2, 0.25) is 0 Å². The standard InChI is InChI=1S/C15H18FNO2/c1-14(19)7-2-8-15(14)9-10-17(13(15)18)12-5-3-11(16)4-6-12/h3-6,19H,2,7-10H2,1H3/t14-,15+/m1/s1. The van der Waals surface area contributed by atoms with Crippen molar-refractivity contribution in [1.29, 1.82) is 0 Å². The van der Waals surface area contributed by atoms with Gasteiger partial charge in [-0.25, -0.2) is 4.39 Å². The van der Waals surface area contributed by atoms with Gasteiger partial charge in [-0.05, 0) is 56.9 Å². The number of nitrogens with zero attached hydrogens (tertiary/aromatic N) is 1. The van der Waals surface area contributed by atoms with Crippen molar-refractivity contribution in [2.24, 2.45) is 5.41 Å². The third-order valence-electron chi connectivity index (χ3n) is 4.85. The molecule has 4 heteroatoms. The Morgan fingerprint density at radius 3 is 2.47 bits per heavy atom. The Morgan fingerprint density at radius 2 is 1.89 bits per heavy atom. The lowest BCUT2D eigenvalue weighted by Crippen LogP contribution is -2.47. The predicted molar refractivity (Wildman–Crippen MR) is 70.3 cm³/mol. The van der Waals surface area contributed by atoms with Crippen LogP contribution in [0, 0.1) is 11.2 Å². The van der Waals surface area contributed by atoms with Crippen LogP contribution in [0.15, 0.2) is 24.3 Å². The molecule has 1 aromatic rings. The van der Waals surface area contributed by atoms with Crippen molar-refractivity contribution in [3.05, 3.63) is 30.1 Å². The van der Waals surface area contributed by atoms with Gasteiger partial charge in [-0.2, -0.15) is 0 Å². The number of halogens is 1. The van der Waals surface area contributed by atoms with Crippen molar-refractivity contribution in [2.75, 3.05) is 11.4 Å². The van der Waals surface area contributed by atoms with Gasteiger partial charge >= 0.3 is 0 Å². The van der Waals surface area contributed by atoms with E-state index in [1.165, 1.54) is 12.1 Å². The molecule has 0 unspecified atom stereocenters. The normalized spacial score (nSPS) is 34.5. The summed E-state index contributed by atoms with van der Waals surface area (Å²) in [6.45, 7) is 2.37. The van der Waals surface area contributed by atoms with E-state index in [1.807, 2.05) is 0 Å². The summed E-state index contributed by atoms with van der Waals surface area (Å²) in [6.07, 6.45) is 2.98. The second-order valence-electron chi connectivity index (χ2n) is 5.89. The van der Waals surface area contributed by atoms with Crippen LogP contribution >= 0.6 is 0 Å². The van der Waals surface area contributed by atoms with Crippen LogP contribution in [0.4, 0.5) is 10.1 Å². The Kier molecular flexibility index (Phi) is 2.68. The van der Waals surface area contributed by atoms with Gasteiger partial charge in [0.2, 0.25) is 5.91 Å². The maximum Gasteiger partial charge on any atom is 0.236 e. The first-order chi connectivity index (χ1) is 8.96. The van der Waals surface area contributed by atoms with E-state index in [0.29, 0.717) is 25.1 Å². The molecule has 1 saturated carbocycles. The highest BCUT2D eigenvalue weighted by atomic mass is 19.1. The lowest BCUT2D eigenvalue weighted by Gasteiger charge is -2.34. The Balaban J connectivity index is 1.92. The monoisotopic (exact) mass is 263 g/mol. The van der Waals surface area contributed by atoms with Crippen LogP contribution in [0.5, 0.6) is 0 Å². The SMILES string of the molecule is C[C@@]1(O)CCC[C@@]12CCN(c1ccc(F)cc1)C2=O. The second kappa shape index (κ2) is 4.04. The van der Waals surface area contributed by atoms with Gasteiger partial charge < -0.3 is 10.0 Å². The molecule has 3 rings (SSSR count). The Morgan fingerprint density at radius 1 is 1.21 bits per heavy atom. The molecule has 0 bridgehead atoms. The summed E-state index contributed by atoms with van der Waals surface area (Å²) in [4.78, 5) is 14.4. The molecule has 1 heterocycles. The highest BCUT2D eigenvalue weighted by molar-refractivity contribution is 6.01. The highest BCUT2D eigenvalue weighted by Crippen LogP contribution is 2.53. The van der Waals surface area contributed by atoms with E-state index in [4.69, 9.17) is 0 Å². The topological polar surface area (TPSA) is 40.5 Å². The number of benzene rings is 1. The number of rotatable bonds is 1. The molecule has 1 aromatic carbocycles. The molecule has 3 nitrogen and oxygen atoms in total. The minimum absolute atomic E-state index is 0.0124. The van der Waals surface area contributed by atoms with Crippen LogP contribution in [0.3, 0.4) is 0 Å². The van der Waals surface area contributed by atoms with Gasteiger partial charge in [-0.3, -0.25) is 4.79 Å². The summed E-state index contributed by atoms with van der Waals surface area (Å²) >= 11 is 0. The molecule has 1 saturated heterocycles. The Hall–Kier alpha value is -1.42. The molecule has 2 fully saturated rings. The Bertz CT molecular complexity index is 511.